The smallest absolute Gasteiger partial charge is 0.146 e. The molecule has 27 heavy (non-hydrogen) atoms. The highest BCUT2D eigenvalue weighted by Gasteiger charge is 2.06. The van der Waals surface area contributed by atoms with Gasteiger partial charge >= 0.3 is 0 Å². The maximum atomic E-state index is 4.10. The van der Waals surface area contributed by atoms with E-state index in [1.165, 1.54) is 79.8 Å². The molecule has 1 heterocycles. The quantitative estimate of drug-likeness (QED) is 0.184. The molecule has 0 radical (unpaired) electrons. The minimum absolute atomic E-state index is 1.01. The molecule has 0 fully saturated rings. The fourth-order valence-corrected chi connectivity index (χ4v) is 8.19. The van der Waals surface area contributed by atoms with Gasteiger partial charge in [0, 0.05) is 15.5 Å². The van der Waals surface area contributed by atoms with Gasteiger partial charge in [0.05, 0.1) is 0 Å². The van der Waals surface area contributed by atoms with Crippen molar-refractivity contribution in [2.45, 2.75) is 85.3 Å². The van der Waals surface area contributed by atoms with Crippen LogP contribution >= 0.6 is 54.5 Å². The predicted octanol–water partition coefficient (Wildman–Crippen LogP) is 9.00. The Morgan fingerprint density at radius 1 is 0.778 bits per heavy atom. The average Bonchev–Trinajstić information content (AvgIpc) is 3.21. The van der Waals surface area contributed by atoms with Crippen molar-refractivity contribution in [3.05, 3.63) is 29.8 Å². The van der Waals surface area contributed by atoms with Crippen molar-refractivity contribution >= 4 is 54.5 Å². The second-order valence-corrected chi connectivity index (χ2v) is 12.1. The summed E-state index contributed by atoms with van der Waals surface area (Å²) >= 11 is 1.59. The van der Waals surface area contributed by atoms with Crippen LogP contribution in [0.15, 0.2) is 43.9 Å². The lowest BCUT2D eigenvalue weighted by Crippen LogP contribution is -1.83. The van der Waals surface area contributed by atoms with E-state index in [1.807, 2.05) is 21.6 Å². The van der Waals surface area contributed by atoms with E-state index in [9.17, 15) is 0 Å². The highest BCUT2D eigenvalue weighted by molar-refractivity contribution is 8.78. The molecule has 0 aliphatic heterocycles. The largest absolute Gasteiger partial charge is 0.184 e. The number of hydrogen-bond acceptors (Lipinski definition) is 7. The van der Waals surface area contributed by atoms with Crippen LogP contribution < -0.4 is 0 Å². The van der Waals surface area contributed by atoms with Crippen molar-refractivity contribution in [2.75, 3.05) is 5.75 Å². The fourth-order valence-electron chi connectivity index (χ4n) is 2.62. The van der Waals surface area contributed by atoms with Gasteiger partial charge in [0.25, 0.3) is 0 Å². The maximum absolute atomic E-state index is 4.10. The van der Waals surface area contributed by atoms with E-state index in [4.69, 9.17) is 0 Å². The Bertz CT molecular complexity index is 592. The van der Waals surface area contributed by atoms with Crippen LogP contribution in [0.25, 0.3) is 0 Å². The summed E-state index contributed by atoms with van der Waals surface area (Å²) in [6.45, 7) is 2.28. The van der Waals surface area contributed by atoms with Gasteiger partial charge in [-0.3, -0.25) is 0 Å². The highest BCUT2D eigenvalue weighted by atomic mass is 33.1. The molecule has 2 rings (SSSR count). The van der Waals surface area contributed by atoms with Gasteiger partial charge in [-0.05, 0) is 40.1 Å². The minimum Gasteiger partial charge on any atom is -0.146 e. The first-order chi connectivity index (χ1) is 13.4. The molecule has 0 bridgehead atoms. The van der Waals surface area contributed by atoms with Crippen molar-refractivity contribution in [1.82, 2.24) is 10.2 Å². The van der Waals surface area contributed by atoms with Gasteiger partial charge in [-0.1, -0.05) is 110 Å². The zero-order valence-electron chi connectivity index (χ0n) is 16.1. The summed E-state index contributed by atoms with van der Waals surface area (Å²) in [5.41, 5.74) is 1.78. The third-order valence-corrected chi connectivity index (χ3v) is 10.2. The molecule has 0 saturated carbocycles. The van der Waals surface area contributed by atoms with E-state index >= 15 is 0 Å². The van der Waals surface area contributed by atoms with E-state index < -0.39 is 0 Å². The van der Waals surface area contributed by atoms with Crippen molar-refractivity contribution in [3.8, 4) is 0 Å². The molecule has 0 aliphatic rings. The number of rotatable bonds is 16. The van der Waals surface area contributed by atoms with Crippen LogP contribution in [-0.4, -0.2) is 16.0 Å². The monoisotopic (exact) mass is 458 g/mol. The third-order valence-electron chi connectivity index (χ3n) is 4.12. The topological polar surface area (TPSA) is 25.8 Å². The van der Waals surface area contributed by atoms with E-state index in [2.05, 4.69) is 41.4 Å². The van der Waals surface area contributed by atoms with Gasteiger partial charge in [-0.2, -0.15) is 0 Å². The molecule has 0 atom stereocenters. The van der Waals surface area contributed by atoms with Gasteiger partial charge in [0.15, 0.2) is 4.34 Å². The van der Waals surface area contributed by atoms with E-state index in [1.54, 1.807) is 38.4 Å². The third kappa shape index (κ3) is 11.1. The molecule has 2 aromatic rings. The van der Waals surface area contributed by atoms with Gasteiger partial charge < -0.3 is 0 Å². The number of nitrogens with zero attached hydrogens (tertiary/aromatic N) is 2. The molecular formula is C20H30N2S5. The maximum Gasteiger partial charge on any atom is 0.184 e. The zero-order chi connectivity index (χ0) is 19.0. The summed E-state index contributed by atoms with van der Waals surface area (Å²) in [6, 6.07) is 8.66. The highest BCUT2D eigenvalue weighted by Crippen LogP contribution is 2.44. The summed E-state index contributed by atoms with van der Waals surface area (Å²) in [5, 5.41) is 7.99. The van der Waals surface area contributed by atoms with Gasteiger partial charge in [0.1, 0.15) is 5.51 Å². The van der Waals surface area contributed by atoms with Crippen LogP contribution in [0.4, 0.5) is 0 Å². The van der Waals surface area contributed by atoms with Gasteiger partial charge in [-0.15, -0.1) is 10.2 Å². The molecule has 0 amide bonds. The summed E-state index contributed by atoms with van der Waals surface area (Å²) < 4.78 is 1.01. The lowest BCUT2D eigenvalue weighted by Gasteiger charge is -2.07. The molecular weight excluding hydrogens is 429 g/mol. The summed E-state index contributed by atoms with van der Waals surface area (Å²) in [4.78, 5) is 2.68. The molecule has 0 saturated heterocycles. The Balaban J connectivity index is 1.50. The molecule has 1 aromatic heterocycles. The van der Waals surface area contributed by atoms with E-state index in [0.717, 1.165) is 4.34 Å². The number of unbranched alkanes of at least 4 members (excludes halogenated alkanes) is 9. The summed E-state index contributed by atoms with van der Waals surface area (Å²) in [6.07, 6.45) is 14.1. The van der Waals surface area contributed by atoms with Crippen molar-refractivity contribution in [3.63, 3.8) is 0 Å². The normalized spacial score (nSPS) is 11.1. The Morgan fingerprint density at radius 3 is 2.04 bits per heavy atom. The zero-order valence-corrected chi connectivity index (χ0v) is 20.2. The molecule has 0 unspecified atom stereocenters. The second-order valence-electron chi connectivity index (χ2n) is 6.41. The summed E-state index contributed by atoms with van der Waals surface area (Å²) in [7, 11) is 7.38. The van der Waals surface area contributed by atoms with Crippen LogP contribution in [0.1, 0.15) is 71.1 Å². The van der Waals surface area contributed by atoms with Crippen molar-refractivity contribution in [1.29, 1.82) is 0 Å². The Labute approximate surface area is 184 Å². The minimum atomic E-state index is 1.01. The van der Waals surface area contributed by atoms with Crippen LogP contribution in [0, 0.1) is 0 Å². The Hall–Kier alpha value is 0.180. The molecule has 1 aromatic carbocycles. The number of aromatic nitrogens is 2. The fraction of sp³-hybridized carbons (Fsp3) is 0.600. The second kappa shape index (κ2) is 16.0. The first kappa shape index (κ1) is 23.5. The van der Waals surface area contributed by atoms with Crippen LogP contribution in [0.3, 0.4) is 0 Å². The predicted molar refractivity (Wildman–Crippen MR) is 128 cm³/mol. The van der Waals surface area contributed by atoms with Crippen LogP contribution in [0.2, 0.25) is 0 Å². The molecule has 2 nitrogen and oxygen atoms in total. The Morgan fingerprint density at radius 2 is 1.41 bits per heavy atom. The molecule has 0 N–H and O–H groups in total. The lowest BCUT2D eigenvalue weighted by atomic mass is 10.1. The van der Waals surface area contributed by atoms with Crippen molar-refractivity contribution < 1.29 is 0 Å². The molecule has 7 heteroatoms. The molecule has 150 valence electrons. The summed E-state index contributed by atoms with van der Waals surface area (Å²) in [5.74, 6) is 1.24. The lowest BCUT2D eigenvalue weighted by molar-refractivity contribution is 0.563. The van der Waals surface area contributed by atoms with Crippen LogP contribution in [-0.2, 0) is 0 Å². The van der Waals surface area contributed by atoms with Gasteiger partial charge in [0.2, 0.25) is 0 Å². The SMILES string of the molecule is CCCCCCCCCCCCSSc1ccccc1SSc1nncs1. The van der Waals surface area contributed by atoms with Crippen LogP contribution in [0.5, 0.6) is 0 Å². The first-order valence-corrected chi connectivity index (χ1v) is 15.2. The van der Waals surface area contributed by atoms with E-state index in [0.29, 0.717) is 0 Å². The number of hydrogen-bond donors (Lipinski definition) is 0. The van der Waals surface area contributed by atoms with E-state index in [-0.39, 0.29) is 0 Å². The molecule has 0 spiro atoms. The van der Waals surface area contributed by atoms with Crippen molar-refractivity contribution in [2.24, 2.45) is 0 Å². The average molecular weight is 459 g/mol. The molecule has 0 aliphatic carbocycles. The van der Waals surface area contributed by atoms with Gasteiger partial charge in [-0.25, -0.2) is 0 Å². The Kier molecular flexibility index (Phi) is 13.9. The standard InChI is InChI=1S/C20H30N2S5/c1-2-3-4-5-6-7-8-9-10-13-16-24-25-18-14-11-12-15-19(18)26-27-20-22-21-17-23-20/h11-12,14-15,17H,2-10,13,16H2,1H3. The first-order valence-electron chi connectivity index (χ1n) is 9.89. The number of benzene rings is 1.